The summed E-state index contributed by atoms with van der Waals surface area (Å²) in [6, 6.07) is 19.0. The van der Waals surface area contributed by atoms with Crippen molar-refractivity contribution >= 4 is 33.2 Å². The van der Waals surface area contributed by atoms with Gasteiger partial charge in [0.25, 0.3) is 10.0 Å². The van der Waals surface area contributed by atoms with Gasteiger partial charge in [0.15, 0.2) is 0 Å². The molecule has 3 aromatic rings. The van der Waals surface area contributed by atoms with E-state index in [1.54, 1.807) is 18.2 Å². The average molecular weight is 453 g/mol. The van der Waals surface area contributed by atoms with Gasteiger partial charge < -0.3 is 10.6 Å². The lowest BCUT2D eigenvalue weighted by Crippen LogP contribution is -2.52. The Hall–Kier alpha value is -3.72. The number of rotatable bonds is 6. The minimum Gasteiger partial charge on any atom is -0.352 e. The molecule has 1 atom stereocenters. The Balaban J connectivity index is 1.68. The van der Waals surface area contributed by atoms with Gasteiger partial charge in [-0.25, -0.2) is 12.8 Å². The van der Waals surface area contributed by atoms with Gasteiger partial charge in [-0.15, -0.1) is 0 Å². The van der Waals surface area contributed by atoms with Crippen LogP contribution in [0.5, 0.6) is 0 Å². The number of benzene rings is 3. The SMILES string of the molecule is O=C(CC1C(=O)Nc2ccccc2N1S(=O)(=O)c1ccccc1F)NCc1ccccc1. The molecule has 1 aliphatic rings. The standard InChI is InChI=1S/C23H20FN3O4S/c24-17-10-4-7-13-21(17)32(30,31)27-19-12-6-5-11-18(19)26-23(29)20(27)14-22(28)25-15-16-8-2-1-3-9-16/h1-13,20H,14-15H2,(H,25,28)(H,26,29). The molecule has 4 rings (SSSR count). The number of anilines is 2. The topological polar surface area (TPSA) is 95.6 Å². The maximum absolute atomic E-state index is 14.4. The van der Waals surface area contributed by atoms with Crippen LogP contribution in [-0.4, -0.2) is 26.3 Å². The van der Waals surface area contributed by atoms with Crippen LogP contribution in [0, 0.1) is 5.82 Å². The normalized spacial score (nSPS) is 15.6. The zero-order valence-corrected chi connectivity index (χ0v) is 17.7. The van der Waals surface area contributed by atoms with Gasteiger partial charge >= 0.3 is 0 Å². The zero-order valence-electron chi connectivity index (χ0n) is 16.9. The van der Waals surface area contributed by atoms with Crippen LogP contribution in [0.1, 0.15) is 12.0 Å². The van der Waals surface area contributed by atoms with Gasteiger partial charge in [-0.2, -0.15) is 0 Å². The Kier molecular flexibility index (Phi) is 5.91. The van der Waals surface area contributed by atoms with Crippen LogP contribution < -0.4 is 14.9 Å². The number of fused-ring (bicyclic) bond motifs is 1. The van der Waals surface area contributed by atoms with Crippen molar-refractivity contribution in [2.75, 3.05) is 9.62 Å². The van der Waals surface area contributed by atoms with Gasteiger partial charge in [-0.1, -0.05) is 54.6 Å². The van der Waals surface area contributed by atoms with Crippen LogP contribution in [0.4, 0.5) is 15.8 Å². The lowest BCUT2D eigenvalue weighted by molar-refractivity contribution is -0.125. The molecule has 9 heteroatoms. The van der Waals surface area contributed by atoms with Gasteiger partial charge in [0.2, 0.25) is 11.8 Å². The van der Waals surface area contributed by atoms with Gasteiger partial charge in [-0.05, 0) is 29.8 Å². The number of hydrogen-bond acceptors (Lipinski definition) is 4. The summed E-state index contributed by atoms with van der Waals surface area (Å²) in [6.45, 7) is 0.227. The highest BCUT2D eigenvalue weighted by Crippen LogP contribution is 2.37. The third kappa shape index (κ3) is 4.19. The molecule has 1 unspecified atom stereocenters. The highest BCUT2D eigenvalue weighted by atomic mass is 32.2. The molecule has 0 bridgehead atoms. The molecule has 1 heterocycles. The van der Waals surface area contributed by atoms with Crippen LogP contribution in [0.3, 0.4) is 0 Å². The highest BCUT2D eigenvalue weighted by molar-refractivity contribution is 7.93. The van der Waals surface area contributed by atoms with E-state index in [1.165, 1.54) is 18.2 Å². The first-order valence-electron chi connectivity index (χ1n) is 9.87. The van der Waals surface area contributed by atoms with E-state index in [9.17, 15) is 22.4 Å². The van der Waals surface area contributed by atoms with Gasteiger partial charge in [-0.3, -0.25) is 13.9 Å². The van der Waals surface area contributed by atoms with Crippen molar-refractivity contribution < 1.29 is 22.4 Å². The summed E-state index contributed by atoms with van der Waals surface area (Å²) >= 11 is 0. The predicted octanol–water partition coefficient (Wildman–Crippen LogP) is 3.05. The number of amides is 2. The first kappa shape index (κ1) is 21.5. The molecule has 3 aromatic carbocycles. The molecule has 2 N–H and O–H groups in total. The van der Waals surface area contributed by atoms with Crippen molar-refractivity contribution in [1.29, 1.82) is 0 Å². The van der Waals surface area contributed by atoms with Crippen LogP contribution in [0.2, 0.25) is 0 Å². The number of nitrogens with zero attached hydrogens (tertiary/aromatic N) is 1. The summed E-state index contributed by atoms with van der Waals surface area (Å²) in [4.78, 5) is 24.9. The molecule has 7 nitrogen and oxygen atoms in total. The molecule has 0 spiro atoms. The molecule has 0 aromatic heterocycles. The van der Waals surface area contributed by atoms with Crippen LogP contribution in [0.25, 0.3) is 0 Å². The summed E-state index contributed by atoms with van der Waals surface area (Å²) in [7, 11) is -4.48. The molecule has 1 aliphatic heterocycles. The Labute approximate surface area is 184 Å². The lowest BCUT2D eigenvalue weighted by Gasteiger charge is -2.36. The van der Waals surface area contributed by atoms with E-state index in [0.29, 0.717) is 0 Å². The second kappa shape index (κ2) is 8.80. The van der Waals surface area contributed by atoms with E-state index >= 15 is 0 Å². The van der Waals surface area contributed by atoms with E-state index < -0.39 is 45.0 Å². The maximum atomic E-state index is 14.4. The monoisotopic (exact) mass is 453 g/mol. The molecular formula is C23H20FN3O4S. The molecule has 0 radical (unpaired) electrons. The summed E-state index contributed by atoms with van der Waals surface area (Å²) in [5.74, 6) is -2.12. The smallest absolute Gasteiger partial charge is 0.268 e. The van der Waals surface area contributed by atoms with E-state index in [4.69, 9.17) is 0 Å². The van der Waals surface area contributed by atoms with Crippen LogP contribution in [-0.2, 0) is 26.2 Å². The van der Waals surface area contributed by atoms with E-state index in [2.05, 4.69) is 10.6 Å². The Morgan fingerprint density at radius 2 is 1.62 bits per heavy atom. The Morgan fingerprint density at radius 1 is 0.969 bits per heavy atom. The molecule has 0 aliphatic carbocycles. The van der Waals surface area contributed by atoms with Gasteiger partial charge in [0.05, 0.1) is 17.8 Å². The maximum Gasteiger partial charge on any atom is 0.268 e. The summed E-state index contributed by atoms with van der Waals surface area (Å²) < 4.78 is 42.2. The number of hydrogen-bond donors (Lipinski definition) is 2. The molecule has 0 fully saturated rings. The molecule has 32 heavy (non-hydrogen) atoms. The average Bonchev–Trinajstić information content (AvgIpc) is 2.79. The Morgan fingerprint density at radius 3 is 2.38 bits per heavy atom. The van der Waals surface area contributed by atoms with Crippen molar-refractivity contribution in [2.45, 2.75) is 23.9 Å². The minimum absolute atomic E-state index is 0.163. The number of carbonyl (C=O) groups is 2. The lowest BCUT2D eigenvalue weighted by atomic mass is 10.1. The molecule has 0 saturated heterocycles. The predicted molar refractivity (Wildman–Crippen MR) is 118 cm³/mol. The van der Waals surface area contributed by atoms with Gasteiger partial charge in [0.1, 0.15) is 16.8 Å². The van der Waals surface area contributed by atoms with Crippen molar-refractivity contribution in [2.24, 2.45) is 0 Å². The fraction of sp³-hybridized carbons (Fsp3) is 0.130. The quantitative estimate of drug-likeness (QED) is 0.600. The van der Waals surface area contributed by atoms with Crippen LogP contribution in [0.15, 0.2) is 83.8 Å². The Bertz CT molecular complexity index is 1260. The molecule has 0 saturated carbocycles. The summed E-state index contributed by atoms with van der Waals surface area (Å²) in [5.41, 5.74) is 1.28. The number of sulfonamides is 1. The minimum atomic E-state index is -4.48. The fourth-order valence-electron chi connectivity index (χ4n) is 3.54. The van der Waals surface area contributed by atoms with Crippen molar-refractivity contribution in [3.63, 3.8) is 0 Å². The third-order valence-electron chi connectivity index (χ3n) is 5.07. The fourth-order valence-corrected chi connectivity index (χ4v) is 5.24. The van der Waals surface area contributed by atoms with Crippen LogP contribution >= 0.6 is 0 Å². The first-order chi connectivity index (χ1) is 15.4. The van der Waals surface area contributed by atoms with E-state index in [0.717, 1.165) is 22.0 Å². The van der Waals surface area contributed by atoms with E-state index in [1.807, 2.05) is 30.3 Å². The number of para-hydroxylation sites is 2. The second-order valence-electron chi connectivity index (χ2n) is 7.22. The number of nitrogens with one attached hydrogen (secondary N) is 2. The number of halogens is 1. The van der Waals surface area contributed by atoms with Crippen molar-refractivity contribution in [1.82, 2.24) is 5.32 Å². The molecule has 164 valence electrons. The summed E-state index contributed by atoms with van der Waals surface area (Å²) in [6.07, 6.45) is -0.430. The van der Waals surface area contributed by atoms with E-state index in [-0.39, 0.29) is 17.9 Å². The van der Waals surface area contributed by atoms with Gasteiger partial charge in [0, 0.05) is 6.54 Å². The zero-order chi connectivity index (χ0) is 22.7. The molecule has 2 amide bonds. The van der Waals surface area contributed by atoms with Crippen molar-refractivity contribution in [3.8, 4) is 0 Å². The molecular weight excluding hydrogens is 433 g/mol. The van der Waals surface area contributed by atoms with Crippen molar-refractivity contribution in [3.05, 3.63) is 90.2 Å². The first-order valence-corrected chi connectivity index (χ1v) is 11.3. The third-order valence-corrected chi connectivity index (χ3v) is 6.93. The summed E-state index contributed by atoms with van der Waals surface area (Å²) in [5, 5.41) is 5.34. The second-order valence-corrected chi connectivity index (χ2v) is 9.00. The highest BCUT2D eigenvalue weighted by Gasteiger charge is 2.42. The number of carbonyl (C=O) groups excluding carboxylic acids is 2. The largest absolute Gasteiger partial charge is 0.352 e.